The molecule has 1 aromatic rings. The average molecular weight is 241 g/mol. The van der Waals surface area contributed by atoms with Gasteiger partial charge < -0.3 is 10.2 Å². The second-order valence-corrected chi connectivity index (χ2v) is 4.58. The van der Waals surface area contributed by atoms with Gasteiger partial charge in [-0.1, -0.05) is 0 Å². The Morgan fingerprint density at radius 3 is 2.81 bits per heavy atom. The van der Waals surface area contributed by atoms with Crippen LogP contribution < -0.4 is 0 Å². The Balaban J connectivity index is 2.71. The third-order valence-corrected chi connectivity index (χ3v) is 2.94. The van der Waals surface area contributed by atoms with Gasteiger partial charge in [-0.2, -0.15) is 0 Å². The van der Waals surface area contributed by atoms with Gasteiger partial charge in [-0.3, -0.25) is 4.79 Å². The van der Waals surface area contributed by atoms with Crippen LogP contribution in [-0.2, 0) is 11.4 Å². The highest BCUT2D eigenvalue weighted by molar-refractivity contribution is 7.09. The number of ketones is 1. The van der Waals surface area contributed by atoms with Crippen molar-refractivity contribution in [1.29, 1.82) is 0 Å². The Hall–Kier alpha value is -1.04. The molecule has 0 saturated heterocycles. The standard InChI is InChI=1S/C11H15NO3S/c1-7(10(15)4-8(2)14)3-9-6-16-11(5-13)12-9/h3,6,10,13,15H,4-5H2,1-2H3/b7-3+/t10-/m0/s1. The van der Waals surface area contributed by atoms with E-state index in [1.807, 2.05) is 0 Å². The molecule has 0 fully saturated rings. The predicted octanol–water partition coefficient (Wildman–Crippen LogP) is 1.38. The molecule has 5 heteroatoms. The lowest BCUT2D eigenvalue weighted by Crippen LogP contribution is -2.12. The van der Waals surface area contributed by atoms with Crippen molar-refractivity contribution in [3.05, 3.63) is 21.7 Å². The Labute approximate surface area is 98.3 Å². The molecule has 1 aromatic heterocycles. The Kier molecular flexibility index (Phi) is 4.79. The maximum Gasteiger partial charge on any atom is 0.132 e. The first-order valence-electron chi connectivity index (χ1n) is 4.94. The Morgan fingerprint density at radius 1 is 1.62 bits per heavy atom. The summed E-state index contributed by atoms with van der Waals surface area (Å²) >= 11 is 1.36. The molecule has 0 radical (unpaired) electrons. The molecule has 16 heavy (non-hydrogen) atoms. The van der Waals surface area contributed by atoms with E-state index in [9.17, 15) is 9.90 Å². The molecule has 0 bridgehead atoms. The third-order valence-electron chi connectivity index (χ3n) is 2.09. The van der Waals surface area contributed by atoms with Crippen LogP contribution in [0.2, 0.25) is 0 Å². The minimum Gasteiger partial charge on any atom is -0.389 e. The summed E-state index contributed by atoms with van der Waals surface area (Å²) in [5.74, 6) is -0.0467. The average Bonchev–Trinajstić information content (AvgIpc) is 2.64. The van der Waals surface area contributed by atoms with Crippen LogP contribution in [0.4, 0.5) is 0 Å². The lowest BCUT2D eigenvalue weighted by atomic mass is 10.1. The minimum absolute atomic E-state index is 0.0467. The van der Waals surface area contributed by atoms with E-state index in [0.29, 0.717) is 16.3 Å². The van der Waals surface area contributed by atoms with Crippen LogP contribution in [0.5, 0.6) is 0 Å². The van der Waals surface area contributed by atoms with E-state index in [4.69, 9.17) is 5.11 Å². The first kappa shape index (κ1) is 13.0. The van der Waals surface area contributed by atoms with Gasteiger partial charge in [-0.25, -0.2) is 4.98 Å². The summed E-state index contributed by atoms with van der Waals surface area (Å²) in [4.78, 5) is 15.0. The summed E-state index contributed by atoms with van der Waals surface area (Å²) in [5, 5.41) is 20.9. The van der Waals surface area contributed by atoms with Gasteiger partial charge in [0.15, 0.2) is 0 Å². The number of hydrogen-bond acceptors (Lipinski definition) is 5. The maximum absolute atomic E-state index is 10.8. The van der Waals surface area contributed by atoms with Crippen molar-refractivity contribution in [3.63, 3.8) is 0 Å². The van der Waals surface area contributed by atoms with Crippen LogP contribution in [-0.4, -0.2) is 27.1 Å². The van der Waals surface area contributed by atoms with E-state index in [1.165, 1.54) is 18.3 Å². The number of rotatable bonds is 5. The summed E-state index contributed by atoms with van der Waals surface area (Å²) in [7, 11) is 0. The van der Waals surface area contributed by atoms with Crippen molar-refractivity contribution in [2.75, 3.05) is 0 Å². The number of nitrogens with zero attached hydrogens (tertiary/aromatic N) is 1. The number of thiazole rings is 1. The highest BCUT2D eigenvalue weighted by Gasteiger charge is 2.09. The number of carbonyl (C=O) groups is 1. The van der Waals surface area contributed by atoms with Crippen molar-refractivity contribution in [2.45, 2.75) is 33.0 Å². The fraction of sp³-hybridized carbons (Fsp3) is 0.455. The van der Waals surface area contributed by atoms with E-state index in [-0.39, 0.29) is 18.8 Å². The van der Waals surface area contributed by atoms with Crippen molar-refractivity contribution >= 4 is 23.2 Å². The third kappa shape index (κ3) is 3.84. The van der Waals surface area contributed by atoms with E-state index in [2.05, 4.69) is 4.98 Å². The topological polar surface area (TPSA) is 70.4 Å². The molecule has 0 aromatic carbocycles. The lowest BCUT2D eigenvalue weighted by Gasteiger charge is -2.08. The zero-order valence-corrected chi connectivity index (χ0v) is 10.1. The van der Waals surface area contributed by atoms with Gasteiger partial charge >= 0.3 is 0 Å². The first-order valence-corrected chi connectivity index (χ1v) is 5.82. The molecular weight excluding hydrogens is 226 g/mol. The molecule has 1 rings (SSSR count). The van der Waals surface area contributed by atoms with E-state index in [0.717, 1.165) is 0 Å². The zero-order chi connectivity index (χ0) is 12.1. The summed E-state index contributed by atoms with van der Waals surface area (Å²) in [6, 6.07) is 0. The van der Waals surface area contributed by atoms with Crippen LogP contribution in [0, 0.1) is 0 Å². The molecule has 0 unspecified atom stereocenters. The molecule has 0 amide bonds. The molecular formula is C11H15NO3S. The number of carbonyl (C=O) groups excluding carboxylic acids is 1. The molecule has 88 valence electrons. The molecule has 4 nitrogen and oxygen atoms in total. The van der Waals surface area contributed by atoms with Gasteiger partial charge in [0, 0.05) is 11.8 Å². The fourth-order valence-electron chi connectivity index (χ4n) is 1.23. The molecule has 2 N–H and O–H groups in total. The van der Waals surface area contributed by atoms with Crippen LogP contribution in [0.1, 0.15) is 31.0 Å². The van der Waals surface area contributed by atoms with E-state index < -0.39 is 6.10 Å². The highest BCUT2D eigenvalue weighted by Crippen LogP contribution is 2.15. The summed E-state index contributed by atoms with van der Waals surface area (Å²) < 4.78 is 0. The van der Waals surface area contributed by atoms with Gasteiger partial charge in [0.25, 0.3) is 0 Å². The summed E-state index contributed by atoms with van der Waals surface area (Å²) in [6.07, 6.45) is 1.10. The molecule has 1 atom stereocenters. The van der Waals surface area contributed by atoms with E-state index in [1.54, 1.807) is 18.4 Å². The number of aliphatic hydroxyl groups is 2. The first-order chi connectivity index (χ1) is 7.52. The quantitative estimate of drug-likeness (QED) is 0.817. The molecule has 0 aliphatic carbocycles. The van der Waals surface area contributed by atoms with Gasteiger partial charge in [-0.05, 0) is 25.5 Å². The van der Waals surface area contributed by atoms with Crippen LogP contribution in [0.25, 0.3) is 6.08 Å². The van der Waals surface area contributed by atoms with Crippen LogP contribution >= 0.6 is 11.3 Å². The second kappa shape index (κ2) is 5.89. The fourth-order valence-corrected chi connectivity index (χ4v) is 1.84. The SMILES string of the molecule is CC(=O)C[C@H](O)/C(C)=C/c1csc(CO)n1. The number of aromatic nitrogens is 1. The van der Waals surface area contributed by atoms with Gasteiger partial charge in [0.2, 0.25) is 0 Å². The molecule has 0 aliphatic rings. The number of aliphatic hydroxyl groups excluding tert-OH is 2. The normalized spacial score (nSPS) is 13.9. The zero-order valence-electron chi connectivity index (χ0n) is 9.30. The van der Waals surface area contributed by atoms with Crippen LogP contribution in [0.15, 0.2) is 11.0 Å². The van der Waals surface area contributed by atoms with Gasteiger partial charge in [0.1, 0.15) is 10.8 Å². The van der Waals surface area contributed by atoms with Crippen molar-refractivity contribution in [3.8, 4) is 0 Å². The monoisotopic (exact) mass is 241 g/mol. The number of Topliss-reactive ketones (excluding diaryl/α,β-unsaturated/α-hetero) is 1. The molecule has 0 aliphatic heterocycles. The summed E-state index contributed by atoms with van der Waals surface area (Å²) in [6.45, 7) is 3.13. The second-order valence-electron chi connectivity index (χ2n) is 3.63. The van der Waals surface area contributed by atoms with Gasteiger partial charge in [-0.15, -0.1) is 11.3 Å². The smallest absolute Gasteiger partial charge is 0.132 e. The number of hydrogen-bond donors (Lipinski definition) is 2. The van der Waals surface area contributed by atoms with Gasteiger partial charge in [0.05, 0.1) is 18.4 Å². The maximum atomic E-state index is 10.8. The highest BCUT2D eigenvalue weighted by atomic mass is 32.1. The molecule has 0 saturated carbocycles. The lowest BCUT2D eigenvalue weighted by molar-refractivity contribution is -0.118. The predicted molar refractivity (Wildman–Crippen MR) is 63.0 cm³/mol. The minimum atomic E-state index is -0.753. The Bertz CT molecular complexity index is 398. The van der Waals surface area contributed by atoms with Crippen LogP contribution in [0.3, 0.4) is 0 Å². The molecule has 0 spiro atoms. The van der Waals surface area contributed by atoms with Crippen molar-refractivity contribution < 1.29 is 15.0 Å². The van der Waals surface area contributed by atoms with Crippen molar-refractivity contribution in [1.82, 2.24) is 4.98 Å². The summed E-state index contributed by atoms with van der Waals surface area (Å²) in [5.41, 5.74) is 1.40. The Morgan fingerprint density at radius 2 is 2.31 bits per heavy atom. The van der Waals surface area contributed by atoms with Crippen molar-refractivity contribution in [2.24, 2.45) is 0 Å². The van der Waals surface area contributed by atoms with E-state index >= 15 is 0 Å². The largest absolute Gasteiger partial charge is 0.389 e. The molecule has 1 heterocycles.